The van der Waals surface area contributed by atoms with Crippen LogP contribution < -0.4 is 10.6 Å². The normalized spacial score (nSPS) is 11.7. The second-order valence-electron chi connectivity index (χ2n) is 5.75. The molecule has 2 heterocycles. The Bertz CT molecular complexity index is 892. The van der Waals surface area contributed by atoms with Crippen molar-refractivity contribution in [1.29, 1.82) is 5.26 Å². The van der Waals surface area contributed by atoms with E-state index < -0.39 is 0 Å². The highest BCUT2D eigenvalue weighted by molar-refractivity contribution is 7.14. The quantitative estimate of drug-likeness (QED) is 0.630. The number of hydrogen-bond donors (Lipinski definition) is 2. The van der Waals surface area contributed by atoms with Gasteiger partial charge in [0.25, 0.3) is 0 Å². The molecule has 0 unspecified atom stereocenters. The van der Waals surface area contributed by atoms with Gasteiger partial charge in [-0.3, -0.25) is 10.1 Å². The topological polar surface area (TPSA) is 64.9 Å². The van der Waals surface area contributed by atoms with Gasteiger partial charge in [0.05, 0.1) is 18.2 Å². The Balaban J connectivity index is 1.70. The zero-order chi connectivity index (χ0) is 18.4. The summed E-state index contributed by atoms with van der Waals surface area (Å²) in [6.45, 7) is 2.30. The molecular formula is C20H19N3OS2. The lowest BCUT2D eigenvalue weighted by Crippen LogP contribution is -2.31. The van der Waals surface area contributed by atoms with Crippen LogP contribution in [0.2, 0.25) is 0 Å². The van der Waals surface area contributed by atoms with Gasteiger partial charge in [-0.1, -0.05) is 37.3 Å². The van der Waals surface area contributed by atoms with Gasteiger partial charge in [0.1, 0.15) is 11.1 Å². The van der Waals surface area contributed by atoms with Crippen molar-refractivity contribution in [2.24, 2.45) is 0 Å². The average Bonchev–Trinajstić information content (AvgIpc) is 3.34. The molecular weight excluding hydrogens is 362 g/mol. The van der Waals surface area contributed by atoms with E-state index in [-0.39, 0.29) is 18.5 Å². The van der Waals surface area contributed by atoms with Crippen molar-refractivity contribution in [2.75, 3.05) is 11.9 Å². The Morgan fingerprint density at radius 2 is 1.96 bits per heavy atom. The third kappa shape index (κ3) is 4.38. The van der Waals surface area contributed by atoms with Crippen molar-refractivity contribution in [3.05, 3.63) is 74.8 Å². The van der Waals surface area contributed by atoms with E-state index in [0.717, 1.165) is 16.9 Å². The summed E-state index contributed by atoms with van der Waals surface area (Å²) in [6.07, 6.45) is 1.00. The number of nitrogens with zero attached hydrogens (tertiary/aromatic N) is 1. The summed E-state index contributed by atoms with van der Waals surface area (Å²) in [5, 5.41) is 19.6. The number of hydrogen-bond acceptors (Lipinski definition) is 5. The molecule has 0 aliphatic heterocycles. The van der Waals surface area contributed by atoms with Crippen molar-refractivity contribution in [2.45, 2.75) is 19.4 Å². The van der Waals surface area contributed by atoms with Crippen molar-refractivity contribution in [3.63, 3.8) is 0 Å². The fourth-order valence-electron chi connectivity index (χ4n) is 2.64. The number of carbonyl (C=O) groups is 1. The summed E-state index contributed by atoms with van der Waals surface area (Å²) in [4.78, 5) is 13.5. The Morgan fingerprint density at radius 1 is 1.15 bits per heavy atom. The molecule has 6 heteroatoms. The number of carbonyl (C=O) groups excluding carboxylic acids is 1. The van der Waals surface area contributed by atoms with Gasteiger partial charge >= 0.3 is 0 Å². The second-order valence-corrected chi connectivity index (χ2v) is 7.64. The molecule has 0 radical (unpaired) electrons. The van der Waals surface area contributed by atoms with Crippen LogP contribution in [0.15, 0.2) is 53.2 Å². The summed E-state index contributed by atoms with van der Waals surface area (Å²) in [5.74, 6) is -0.157. The maximum atomic E-state index is 12.3. The lowest BCUT2D eigenvalue weighted by molar-refractivity contribution is -0.115. The number of benzene rings is 1. The van der Waals surface area contributed by atoms with Gasteiger partial charge in [-0.2, -0.15) is 5.26 Å². The zero-order valence-corrected chi connectivity index (χ0v) is 16.0. The molecule has 4 nitrogen and oxygen atoms in total. The van der Waals surface area contributed by atoms with E-state index in [2.05, 4.69) is 54.0 Å². The predicted octanol–water partition coefficient (Wildman–Crippen LogP) is 4.56. The van der Waals surface area contributed by atoms with Crippen LogP contribution in [0.1, 0.15) is 34.5 Å². The lowest BCUT2D eigenvalue weighted by Gasteiger charge is -2.18. The summed E-state index contributed by atoms with van der Waals surface area (Å²) in [6, 6.07) is 16.3. The van der Waals surface area contributed by atoms with Crippen LogP contribution in [0.25, 0.3) is 0 Å². The Hall–Kier alpha value is -2.46. The molecule has 3 aromatic rings. The van der Waals surface area contributed by atoms with Crippen LogP contribution in [0.4, 0.5) is 5.00 Å². The van der Waals surface area contributed by atoms with Crippen LogP contribution >= 0.6 is 22.7 Å². The minimum atomic E-state index is -0.157. The van der Waals surface area contributed by atoms with Gasteiger partial charge in [0.2, 0.25) is 5.91 Å². The maximum Gasteiger partial charge on any atom is 0.238 e. The molecule has 1 amide bonds. The van der Waals surface area contributed by atoms with Gasteiger partial charge in [-0.15, -0.1) is 22.7 Å². The molecule has 0 aliphatic carbocycles. The molecule has 26 heavy (non-hydrogen) atoms. The highest BCUT2D eigenvalue weighted by Gasteiger charge is 2.17. The van der Waals surface area contributed by atoms with Crippen molar-refractivity contribution in [3.8, 4) is 6.07 Å². The van der Waals surface area contributed by atoms with Crippen molar-refractivity contribution < 1.29 is 4.79 Å². The molecule has 2 N–H and O–H groups in total. The molecule has 2 aromatic heterocycles. The number of rotatable bonds is 7. The minimum absolute atomic E-state index is 0.0366. The zero-order valence-electron chi connectivity index (χ0n) is 14.4. The molecule has 0 fully saturated rings. The van der Waals surface area contributed by atoms with Crippen LogP contribution in [0.3, 0.4) is 0 Å². The van der Waals surface area contributed by atoms with Gasteiger partial charge in [0, 0.05) is 4.88 Å². The van der Waals surface area contributed by atoms with E-state index >= 15 is 0 Å². The van der Waals surface area contributed by atoms with Crippen LogP contribution in [-0.2, 0) is 11.2 Å². The molecule has 1 atom stereocenters. The first-order valence-corrected chi connectivity index (χ1v) is 10.1. The summed E-state index contributed by atoms with van der Waals surface area (Å²) in [5.41, 5.74) is 2.91. The summed E-state index contributed by atoms with van der Waals surface area (Å²) in [7, 11) is 0. The SMILES string of the molecule is CCc1ccc([C@@H](NCC(=O)Nc2sccc2C#N)c2cccs2)cc1. The number of amides is 1. The minimum Gasteiger partial charge on any atom is -0.315 e. The summed E-state index contributed by atoms with van der Waals surface area (Å²) >= 11 is 3.02. The first-order chi connectivity index (χ1) is 12.7. The van der Waals surface area contributed by atoms with Crippen molar-refractivity contribution >= 4 is 33.6 Å². The third-order valence-corrected chi connectivity index (χ3v) is 5.82. The van der Waals surface area contributed by atoms with Crippen LogP contribution in [0.5, 0.6) is 0 Å². The number of nitrogens with one attached hydrogen (secondary N) is 2. The highest BCUT2D eigenvalue weighted by Crippen LogP contribution is 2.26. The molecule has 0 spiro atoms. The third-order valence-electron chi connectivity index (χ3n) is 4.05. The van der Waals surface area contributed by atoms with E-state index in [1.165, 1.54) is 16.9 Å². The molecule has 132 valence electrons. The Labute approximate surface area is 161 Å². The number of thiophene rings is 2. The smallest absolute Gasteiger partial charge is 0.238 e. The Morgan fingerprint density at radius 3 is 2.62 bits per heavy atom. The molecule has 0 aliphatic rings. The number of aryl methyl sites for hydroxylation is 1. The van der Waals surface area contributed by atoms with E-state index in [1.54, 1.807) is 22.8 Å². The van der Waals surface area contributed by atoms with Crippen LogP contribution in [0, 0.1) is 11.3 Å². The van der Waals surface area contributed by atoms with Gasteiger partial charge < -0.3 is 5.32 Å². The predicted molar refractivity (Wildman–Crippen MR) is 108 cm³/mol. The molecule has 0 saturated carbocycles. The second kappa shape index (κ2) is 8.77. The maximum absolute atomic E-state index is 12.3. The molecule has 1 aromatic carbocycles. The lowest BCUT2D eigenvalue weighted by atomic mass is 10.0. The Kier molecular flexibility index (Phi) is 6.18. The number of anilines is 1. The molecule has 3 rings (SSSR count). The largest absolute Gasteiger partial charge is 0.315 e. The first-order valence-electron chi connectivity index (χ1n) is 8.34. The van der Waals surface area contributed by atoms with E-state index in [1.807, 2.05) is 11.4 Å². The van der Waals surface area contributed by atoms with E-state index in [4.69, 9.17) is 5.26 Å². The van der Waals surface area contributed by atoms with Crippen molar-refractivity contribution in [1.82, 2.24) is 5.32 Å². The fourth-order valence-corrected chi connectivity index (χ4v) is 4.22. The van der Waals surface area contributed by atoms with Crippen LogP contribution in [-0.4, -0.2) is 12.5 Å². The van der Waals surface area contributed by atoms with E-state index in [9.17, 15) is 4.79 Å². The number of nitriles is 1. The highest BCUT2D eigenvalue weighted by atomic mass is 32.1. The van der Waals surface area contributed by atoms with Gasteiger partial charge in [0.15, 0.2) is 0 Å². The molecule has 0 bridgehead atoms. The van der Waals surface area contributed by atoms with E-state index in [0.29, 0.717) is 10.6 Å². The fraction of sp³-hybridized carbons (Fsp3) is 0.200. The average molecular weight is 382 g/mol. The first kappa shape index (κ1) is 18.3. The van der Waals surface area contributed by atoms with Gasteiger partial charge in [-0.25, -0.2) is 0 Å². The van der Waals surface area contributed by atoms with Gasteiger partial charge in [-0.05, 0) is 40.4 Å². The monoisotopic (exact) mass is 381 g/mol. The molecule has 0 saturated heterocycles. The standard InChI is InChI=1S/C20H19N3OS2/c1-2-14-5-7-15(8-6-14)19(17-4-3-10-25-17)22-13-18(24)23-20-16(12-21)9-11-26-20/h3-11,19,22H,2,13H2,1H3,(H,23,24)/t19-/m1/s1. The summed E-state index contributed by atoms with van der Waals surface area (Å²) < 4.78 is 0.